The molecular weight excluding hydrogens is 280 g/mol. The van der Waals surface area contributed by atoms with Crippen molar-refractivity contribution in [1.82, 2.24) is 0 Å². The van der Waals surface area contributed by atoms with Gasteiger partial charge in [-0.3, -0.25) is 0 Å². The van der Waals surface area contributed by atoms with Crippen LogP contribution in [0, 0.1) is 0 Å². The summed E-state index contributed by atoms with van der Waals surface area (Å²) in [6, 6.07) is 0. The predicted octanol–water partition coefficient (Wildman–Crippen LogP) is 0.304. The molecule has 0 saturated heterocycles. The molecule has 0 aromatic carbocycles. The monoisotopic (exact) mass is 302 g/mol. The number of hydrogen-bond acceptors (Lipinski definition) is 7. The van der Waals surface area contributed by atoms with Gasteiger partial charge in [-0.1, -0.05) is 0 Å². The molecule has 0 spiro atoms. The lowest BCUT2D eigenvalue weighted by Gasteiger charge is -2.35. The minimum Gasteiger partial charge on any atom is -0.398 e. The van der Waals surface area contributed by atoms with Gasteiger partial charge >= 0.3 is 26.4 Å². The molecule has 17 heavy (non-hydrogen) atoms. The molecule has 0 saturated carbocycles. The van der Waals surface area contributed by atoms with Gasteiger partial charge in [0.15, 0.2) is 0 Å². The van der Waals surface area contributed by atoms with Crippen LogP contribution < -0.4 is 0 Å². The Kier molecular flexibility index (Phi) is 6.65. The number of hydrogen-bond donors (Lipinski definition) is 1. The smallest absolute Gasteiger partial charge is 0.398 e. The molecule has 1 N–H and O–H groups in total. The lowest BCUT2D eigenvalue weighted by atomic mass is 11.8. The molecule has 0 fully saturated rings. The summed E-state index contributed by atoms with van der Waals surface area (Å²) in [5.41, 5.74) is 0. The second-order valence-electron chi connectivity index (χ2n) is 3.81. The van der Waals surface area contributed by atoms with Gasteiger partial charge < -0.3 is 30.7 Å². The van der Waals surface area contributed by atoms with E-state index < -0.39 is 26.4 Å². The number of rotatable bonds is 8. The highest BCUT2D eigenvalue weighted by molar-refractivity contribution is 6.79. The van der Waals surface area contributed by atoms with Crippen molar-refractivity contribution in [2.75, 3.05) is 28.4 Å². The first-order valence-electron chi connectivity index (χ1n) is 4.99. The van der Waals surface area contributed by atoms with Crippen molar-refractivity contribution in [3.05, 3.63) is 0 Å². The first kappa shape index (κ1) is 17.4. The molecule has 0 bridgehead atoms. The Bertz CT molecular complexity index is 236. The Morgan fingerprint density at radius 3 is 1.47 bits per heavy atom. The molecule has 0 heterocycles. The highest BCUT2D eigenvalue weighted by Gasteiger charge is 2.52. The van der Waals surface area contributed by atoms with Gasteiger partial charge in [0, 0.05) is 35.0 Å². The van der Waals surface area contributed by atoms with E-state index in [1.807, 2.05) is 13.1 Å². The van der Waals surface area contributed by atoms with Crippen molar-refractivity contribution in [1.29, 1.82) is 0 Å². The van der Waals surface area contributed by atoms with E-state index in [0.29, 0.717) is 0 Å². The van der Waals surface area contributed by atoms with E-state index in [2.05, 4.69) is 0 Å². The van der Waals surface area contributed by atoms with Crippen molar-refractivity contribution in [2.45, 2.75) is 19.6 Å². The minimum absolute atomic E-state index is 1.30. The van der Waals surface area contributed by atoms with Gasteiger partial charge in [0.1, 0.15) is 0 Å². The summed E-state index contributed by atoms with van der Waals surface area (Å²) in [6.07, 6.45) is 0. The van der Waals surface area contributed by atoms with Gasteiger partial charge in [0.25, 0.3) is 0 Å². The van der Waals surface area contributed by atoms with Crippen LogP contribution in [-0.4, -0.2) is 59.6 Å². The molecule has 104 valence electrons. The van der Waals surface area contributed by atoms with Crippen molar-refractivity contribution in [3.63, 3.8) is 0 Å². The summed E-state index contributed by atoms with van der Waals surface area (Å²) in [5, 5.41) is 0. The molecule has 0 radical (unpaired) electrons. The largest absolute Gasteiger partial charge is 0.668 e. The fraction of sp³-hybridized carbons (Fsp3) is 1.00. The average molecular weight is 303 g/mol. The predicted molar refractivity (Wildman–Crippen MR) is 67.3 cm³/mol. The zero-order valence-electron chi connectivity index (χ0n) is 11.4. The standard InChI is InChI=1S/C7H22O7Si3/c1-9-15(5,6)13-16(7,10-2)14-17(8,11-3)12-4/h8H,1-7H3. The molecule has 0 amide bonds. The van der Waals surface area contributed by atoms with E-state index in [4.69, 9.17) is 25.9 Å². The maximum atomic E-state index is 9.89. The van der Waals surface area contributed by atoms with Crippen molar-refractivity contribution >= 4 is 26.4 Å². The molecule has 0 aromatic rings. The average Bonchev–Trinajstić information content (AvgIpc) is 2.28. The third-order valence-corrected chi connectivity index (χ3v) is 10.8. The molecule has 1 unspecified atom stereocenters. The molecule has 0 aliphatic rings. The van der Waals surface area contributed by atoms with Crippen LogP contribution >= 0.6 is 0 Å². The van der Waals surface area contributed by atoms with E-state index in [9.17, 15) is 4.80 Å². The fourth-order valence-corrected chi connectivity index (χ4v) is 8.81. The third kappa shape index (κ3) is 5.69. The van der Waals surface area contributed by atoms with Gasteiger partial charge in [0.2, 0.25) is 0 Å². The molecule has 0 aliphatic heterocycles. The Balaban J connectivity index is 4.79. The van der Waals surface area contributed by atoms with Gasteiger partial charge in [-0.25, -0.2) is 0 Å². The highest BCUT2D eigenvalue weighted by Crippen LogP contribution is 2.20. The third-order valence-electron chi connectivity index (χ3n) is 2.12. The second kappa shape index (κ2) is 6.51. The summed E-state index contributed by atoms with van der Waals surface area (Å²) in [5.74, 6) is 0. The summed E-state index contributed by atoms with van der Waals surface area (Å²) >= 11 is 0. The van der Waals surface area contributed by atoms with Crippen LogP contribution in [-0.2, 0) is 25.9 Å². The van der Waals surface area contributed by atoms with Crippen LogP contribution in [0.4, 0.5) is 0 Å². The minimum atomic E-state index is -3.69. The summed E-state index contributed by atoms with van der Waals surface area (Å²) in [4.78, 5) is 9.89. The first-order chi connectivity index (χ1) is 7.66. The maximum absolute atomic E-state index is 9.89. The molecule has 7 nitrogen and oxygen atoms in total. The van der Waals surface area contributed by atoms with Gasteiger partial charge in [0.05, 0.1) is 0 Å². The quantitative estimate of drug-likeness (QED) is 0.646. The van der Waals surface area contributed by atoms with Crippen LogP contribution in [0.2, 0.25) is 19.6 Å². The Labute approximate surface area is 106 Å². The maximum Gasteiger partial charge on any atom is 0.668 e. The Morgan fingerprint density at radius 2 is 1.18 bits per heavy atom. The van der Waals surface area contributed by atoms with Crippen molar-refractivity contribution < 1.29 is 30.7 Å². The van der Waals surface area contributed by atoms with E-state index in [1.165, 1.54) is 21.3 Å². The molecular formula is C7H22O7Si3. The topological polar surface area (TPSA) is 75.6 Å². The lowest BCUT2D eigenvalue weighted by Crippen LogP contribution is -2.60. The molecule has 0 aliphatic carbocycles. The van der Waals surface area contributed by atoms with Crippen molar-refractivity contribution in [2.24, 2.45) is 0 Å². The first-order valence-corrected chi connectivity index (χ1v) is 11.7. The van der Waals surface area contributed by atoms with E-state index in [1.54, 1.807) is 13.7 Å². The van der Waals surface area contributed by atoms with Crippen LogP contribution in [0.25, 0.3) is 0 Å². The van der Waals surface area contributed by atoms with Crippen LogP contribution in [0.15, 0.2) is 0 Å². The Hall–Kier alpha value is 0.371. The SMILES string of the molecule is CO[Si](C)(C)O[Si](C)(OC)O[Si](O)(OC)OC. The van der Waals surface area contributed by atoms with Crippen LogP contribution in [0.1, 0.15) is 0 Å². The molecule has 1 atom stereocenters. The van der Waals surface area contributed by atoms with E-state index in [0.717, 1.165) is 0 Å². The molecule has 0 aromatic heterocycles. The van der Waals surface area contributed by atoms with Gasteiger partial charge in [-0.2, -0.15) is 0 Å². The second-order valence-corrected chi connectivity index (χ2v) is 12.6. The summed E-state index contributed by atoms with van der Waals surface area (Å²) in [7, 11) is -3.47. The van der Waals surface area contributed by atoms with Gasteiger partial charge in [-0.15, -0.1) is 0 Å². The Morgan fingerprint density at radius 1 is 0.706 bits per heavy atom. The van der Waals surface area contributed by atoms with E-state index in [-0.39, 0.29) is 0 Å². The molecule has 10 heteroatoms. The normalized spacial score (nSPS) is 16.9. The zero-order chi connectivity index (χ0) is 13.7. The van der Waals surface area contributed by atoms with Crippen LogP contribution in [0.5, 0.6) is 0 Å². The lowest BCUT2D eigenvalue weighted by molar-refractivity contribution is 0.0380. The van der Waals surface area contributed by atoms with Crippen molar-refractivity contribution in [3.8, 4) is 0 Å². The fourth-order valence-electron chi connectivity index (χ4n) is 0.993. The molecule has 0 rings (SSSR count). The summed E-state index contributed by atoms with van der Waals surface area (Å²) in [6.45, 7) is 5.35. The van der Waals surface area contributed by atoms with E-state index >= 15 is 0 Å². The van der Waals surface area contributed by atoms with Crippen LogP contribution in [0.3, 0.4) is 0 Å². The highest BCUT2D eigenvalue weighted by atomic mass is 28.5. The summed E-state index contributed by atoms with van der Waals surface area (Å²) < 4.78 is 31.3. The zero-order valence-corrected chi connectivity index (χ0v) is 14.4. The van der Waals surface area contributed by atoms with Gasteiger partial charge in [-0.05, 0) is 13.1 Å².